The highest BCUT2D eigenvalue weighted by molar-refractivity contribution is 9.10. The van der Waals surface area contributed by atoms with E-state index in [1.807, 2.05) is 0 Å². The van der Waals surface area contributed by atoms with E-state index in [1.165, 1.54) is 6.07 Å². The first-order valence-corrected chi connectivity index (χ1v) is 5.60. The van der Waals surface area contributed by atoms with Gasteiger partial charge in [-0.1, -0.05) is 15.9 Å². The Morgan fingerprint density at radius 2 is 2.12 bits per heavy atom. The van der Waals surface area contributed by atoms with Crippen LogP contribution in [-0.4, -0.2) is 12.7 Å². The summed E-state index contributed by atoms with van der Waals surface area (Å²) < 4.78 is 37.8. The van der Waals surface area contributed by atoms with Crippen molar-refractivity contribution in [2.45, 2.75) is 13.1 Å². The number of alkyl halides is 3. The lowest BCUT2D eigenvalue weighted by molar-refractivity contribution is -0.155. The number of nitrogens with one attached hydrogen (secondary N) is 1. The second-order valence-electron chi connectivity index (χ2n) is 3.56. The van der Waals surface area contributed by atoms with Crippen molar-refractivity contribution in [1.82, 2.24) is 0 Å². The smallest absolute Gasteiger partial charge is 0.383 e. The number of rotatable bonds is 3. The minimum atomic E-state index is -4.50. The highest BCUT2D eigenvalue weighted by Crippen LogP contribution is 2.27. The Labute approximate surface area is 106 Å². The topological polar surface area (TPSA) is 35.8 Å². The van der Waals surface area contributed by atoms with Crippen molar-refractivity contribution in [3.8, 4) is 6.07 Å². The van der Waals surface area contributed by atoms with Crippen LogP contribution in [0.15, 0.2) is 22.7 Å². The summed E-state index contributed by atoms with van der Waals surface area (Å²) in [5.74, 6) is -1.99. The molecule has 0 radical (unpaired) electrons. The van der Waals surface area contributed by atoms with Gasteiger partial charge < -0.3 is 5.32 Å². The van der Waals surface area contributed by atoms with Crippen LogP contribution in [-0.2, 0) is 0 Å². The second kappa shape index (κ2) is 5.41. The van der Waals surface area contributed by atoms with Gasteiger partial charge in [0.1, 0.15) is 0 Å². The Kier molecular flexibility index (Phi) is 4.40. The van der Waals surface area contributed by atoms with Crippen LogP contribution in [0.3, 0.4) is 0 Å². The predicted octanol–water partition coefficient (Wildman–Crippen LogP) is 3.87. The molecule has 0 spiro atoms. The molecule has 0 amide bonds. The quantitative estimate of drug-likeness (QED) is 0.920. The molecule has 1 rings (SSSR count). The van der Waals surface area contributed by atoms with Gasteiger partial charge in [-0.25, -0.2) is 0 Å². The average Bonchev–Trinajstić information content (AvgIpc) is 2.19. The second-order valence-corrected chi connectivity index (χ2v) is 4.48. The fraction of sp³-hybridized carbons (Fsp3) is 0.364. The summed E-state index contributed by atoms with van der Waals surface area (Å²) in [4.78, 5) is 0. The van der Waals surface area contributed by atoms with Gasteiger partial charge in [-0.3, -0.25) is 0 Å². The summed E-state index contributed by atoms with van der Waals surface area (Å²) in [6, 6.07) is 6.43. The molecule has 0 aromatic heterocycles. The molecule has 0 aliphatic rings. The molecule has 0 aliphatic carbocycles. The van der Waals surface area contributed by atoms with Crippen LogP contribution in [0.1, 0.15) is 5.56 Å². The van der Waals surface area contributed by atoms with Gasteiger partial charge in [0.25, 0.3) is 0 Å². The highest BCUT2D eigenvalue weighted by Gasteiger charge is 2.39. The molecule has 0 bridgehead atoms. The zero-order valence-electron chi connectivity index (χ0n) is 8.98. The van der Waals surface area contributed by atoms with Gasteiger partial charge in [-0.2, -0.15) is 18.4 Å². The van der Waals surface area contributed by atoms with Crippen molar-refractivity contribution in [3.05, 3.63) is 28.2 Å². The summed E-state index contributed by atoms with van der Waals surface area (Å²) in [5, 5.41) is 11.1. The number of hydrogen-bond donors (Lipinski definition) is 1. The third kappa shape index (κ3) is 3.93. The fourth-order valence-electron chi connectivity index (χ4n) is 1.27. The van der Waals surface area contributed by atoms with Gasteiger partial charge in [0.05, 0.1) is 6.07 Å². The zero-order valence-corrected chi connectivity index (χ0v) is 10.6. The van der Waals surface area contributed by atoms with Gasteiger partial charge in [0, 0.05) is 16.7 Å². The van der Waals surface area contributed by atoms with Crippen molar-refractivity contribution in [3.63, 3.8) is 0 Å². The van der Waals surface area contributed by atoms with E-state index < -0.39 is 18.6 Å². The van der Waals surface area contributed by atoms with E-state index in [0.29, 0.717) is 5.69 Å². The lowest BCUT2D eigenvalue weighted by atomic mass is 10.1. The molecular weight excluding hydrogens is 297 g/mol. The van der Waals surface area contributed by atoms with Crippen LogP contribution in [0, 0.1) is 24.2 Å². The molecule has 0 saturated carbocycles. The van der Waals surface area contributed by atoms with Crippen molar-refractivity contribution >= 4 is 21.6 Å². The van der Waals surface area contributed by atoms with Gasteiger partial charge in [0.2, 0.25) is 0 Å². The summed E-state index contributed by atoms with van der Waals surface area (Å²) in [5.41, 5.74) is 1.41. The largest absolute Gasteiger partial charge is 0.406 e. The zero-order chi connectivity index (χ0) is 13.1. The van der Waals surface area contributed by atoms with Crippen molar-refractivity contribution in [1.29, 1.82) is 5.26 Å². The molecule has 0 aliphatic heterocycles. The number of benzene rings is 1. The van der Waals surface area contributed by atoms with E-state index in [2.05, 4.69) is 21.2 Å². The van der Waals surface area contributed by atoms with Crippen LogP contribution < -0.4 is 5.32 Å². The van der Waals surface area contributed by atoms with Crippen molar-refractivity contribution in [2.24, 2.45) is 5.92 Å². The van der Waals surface area contributed by atoms with Crippen LogP contribution in [0.4, 0.5) is 18.9 Å². The fourth-order valence-corrected chi connectivity index (χ4v) is 1.75. The van der Waals surface area contributed by atoms with Crippen molar-refractivity contribution < 1.29 is 13.2 Å². The van der Waals surface area contributed by atoms with E-state index in [9.17, 15) is 13.2 Å². The number of halogens is 4. The van der Waals surface area contributed by atoms with Crippen molar-refractivity contribution in [2.75, 3.05) is 11.9 Å². The first-order chi connectivity index (χ1) is 7.84. The maximum Gasteiger partial charge on any atom is 0.406 e. The third-order valence-corrected chi connectivity index (χ3v) is 2.73. The number of anilines is 1. The maximum atomic E-state index is 12.3. The molecule has 92 valence electrons. The minimum absolute atomic E-state index is 0.442. The monoisotopic (exact) mass is 306 g/mol. The molecule has 1 atom stereocenters. The molecule has 1 aromatic rings. The van der Waals surface area contributed by atoms with Gasteiger partial charge in [-0.05, 0) is 30.7 Å². The summed E-state index contributed by atoms with van der Waals surface area (Å²) in [7, 11) is 0. The van der Waals surface area contributed by atoms with E-state index >= 15 is 0 Å². The van der Waals surface area contributed by atoms with E-state index in [0.717, 1.165) is 10.0 Å². The lowest BCUT2D eigenvalue weighted by Gasteiger charge is -2.15. The van der Waals surface area contributed by atoms with E-state index in [1.54, 1.807) is 25.1 Å². The van der Waals surface area contributed by atoms with E-state index in [-0.39, 0.29) is 0 Å². The molecule has 2 nitrogen and oxygen atoms in total. The SMILES string of the molecule is Cc1cc(Br)ccc1NCC(C#N)C(F)(F)F. The molecule has 1 unspecified atom stereocenters. The molecule has 1 aromatic carbocycles. The van der Waals surface area contributed by atoms with Crippen LogP contribution in [0.2, 0.25) is 0 Å². The maximum absolute atomic E-state index is 12.3. The minimum Gasteiger partial charge on any atom is -0.383 e. The molecule has 1 N–H and O–H groups in total. The van der Waals surface area contributed by atoms with Gasteiger partial charge in [-0.15, -0.1) is 0 Å². The Hall–Kier alpha value is -1.22. The summed E-state index contributed by atoms with van der Waals surface area (Å²) >= 11 is 3.26. The van der Waals surface area contributed by atoms with Gasteiger partial charge in [0.15, 0.2) is 5.92 Å². The van der Waals surface area contributed by atoms with Crippen LogP contribution in [0.25, 0.3) is 0 Å². The first kappa shape index (κ1) is 13.8. The predicted molar refractivity (Wildman–Crippen MR) is 62.5 cm³/mol. The van der Waals surface area contributed by atoms with E-state index in [4.69, 9.17) is 5.26 Å². The Bertz CT molecular complexity index is 437. The Morgan fingerprint density at radius 3 is 2.59 bits per heavy atom. The summed E-state index contributed by atoms with van der Waals surface area (Å²) in [6.45, 7) is 1.34. The number of nitriles is 1. The first-order valence-electron chi connectivity index (χ1n) is 4.81. The molecule has 17 heavy (non-hydrogen) atoms. The molecular formula is C11H10BrF3N2. The summed E-state index contributed by atoms with van der Waals surface area (Å²) in [6.07, 6.45) is -4.50. The molecule has 0 saturated heterocycles. The lowest BCUT2D eigenvalue weighted by Crippen LogP contribution is -2.28. The normalized spacial score (nSPS) is 12.9. The molecule has 6 heteroatoms. The number of nitrogens with zero attached hydrogens (tertiary/aromatic N) is 1. The number of aryl methyl sites for hydroxylation is 1. The molecule has 0 heterocycles. The number of hydrogen-bond acceptors (Lipinski definition) is 2. The average molecular weight is 307 g/mol. The Morgan fingerprint density at radius 1 is 1.47 bits per heavy atom. The standard InChI is InChI=1S/C11H10BrF3N2/c1-7-4-9(12)2-3-10(7)17-6-8(5-16)11(13,14)15/h2-4,8,17H,6H2,1H3. The Balaban J connectivity index is 2.71. The van der Waals surface area contributed by atoms with Crippen LogP contribution in [0.5, 0.6) is 0 Å². The third-order valence-electron chi connectivity index (χ3n) is 2.24. The van der Waals surface area contributed by atoms with Crippen LogP contribution >= 0.6 is 15.9 Å². The molecule has 0 fully saturated rings. The van der Waals surface area contributed by atoms with Gasteiger partial charge >= 0.3 is 6.18 Å². The highest BCUT2D eigenvalue weighted by atomic mass is 79.9.